The van der Waals surface area contributed by atoms with Crippen molar-refractivity contribution in [1.29, 1.82) is 0 Å². The Bertz CT molecular complexity index is 267. The van der Waals surface area contributed by atoms with Crippen molar-refractivity contribution in [2.24, 2.45) is 0 Å². The number of hydrogen-bond acceptors (Lipinski definition) is 2. The van der Waals surface area contributed by atoms with Gasteiger partial charge in [0.2, 0.25) is 0 Å². The van der Waals surface area contributed by atoms with Crippen LogP contribution in [0.4, 0.5) is 5.69 Å². The van der Waals surface area contributed by atoms with Gasteiger partial charge in [-0.15, -0.1) is 0 Å². The second-order valence-electron chi connectivity index (χ2n) is 4.14. The zero-order valence-electron chi connectivity index (χ0n) is 10.8. The highest BCUT2D eigenvalue weighted by Crippen LogP contribution is 2.10. The Kier molecular flexibility index (Phi) is 5.94. The van der Waals surface area contributed by atoms with Crippen molar-refractivity contribution in [2.45, 2.75) is 20.3 Å². The Morgan fingerprint density at radius 1 is 0.938 bits per heavy atom. The van der Waals surface area contributed by atoms with E-state index < -0.39 is 0 Å². The topological polar surface area (TPSA) is 6.48 Å². The van der Waals surface area contributed by atoms with E-state index in [9.17, 15) is 0 Å². The molecule has 0 saturated carbocycles. The molecule has 0 spiro atoms. The second-order valence-corrected chi connectivity index (χ2v) is 4.14. The monoisotopic (exact) mass is 220 g/mol. The Morgan fingerprint density at radius 2 is 1.56 bits per heavy atom. The lowest BCUT2D eigenvalue weighted by Gasteiger charge is -2.22. The average Bonchev–Trinajstić information content (AvgIpc) is 2.35. The minimum absolute atomic E-state index is 1.13. The summed E-state index contributed by atoms with van der Waals surface area (Å²) in [6, 6.07) is 10.6. The Hall–Kier alpha value is -1.02. The summed E-state index contributed by atoms with van der Waals surface area (Å²) >= 11 is 0. The van der Waals surface area contributed by atoms with E-state index in [2.05, 4.69) is 61.0 Å². The van der Waals surface area contributed by atoms with Gasteiger partial charge < -0.3 is 9.80 Å². The van der Waals surface area contributed by atoms with Gasteiger partial charge in [0, 0.05) is 19.3 Å². The Morgan fingerprint density at radius 3 is 2.12 bits per heavy atom. The van der Waals surface area contributed by atoms with Crippen LogP contribution in [0.2, 0.25) is 0 Å². The van der Waals surface area contributed by atoms with Crippen LogP contribution in [0.1, 0.15) is 20.3 Å². The van der Waals surface area contributed by atoms with Gasteiger partial charge >= 0.3 is 0 Å². The van der Waals surface area contributed by atoms with Crippen molar-refractivity contribution in [3.05, 3.63) is 30.3 Å². The van der Waals surface area contributed by atoms with Crippen LogP contribution in [0.5, 0.6) is 0 Å². The van der Waals surface area contributed by atoms with Crippen LogP contribution in [0.15, 0.2) is 30.3 Å². The molecule has 0 bridgehead atoms. The fourth-order valence-corrected chi connectivity index (χ4v) is 1.88. The molecule has 1 rings (SSSR count). The third-order valence-electron chi connectivity index (χ3n) is 3.06. The van der Waals surface area contributed by atoms with Crippen LogP contribution in [0.25, 0.3) is 0 Å². The minimum atomic E-state index is 1.13. The summed E-state index contributed by atoms with van der Waals surface area (Å²) in [6.07, 6.45) is 1.23. The molecule has 0 aliphatic rings. The fraction of sp³-hybridized carbons (Fsp3) is 0.571. The molecule has 0 fully saturated rings. The van der Waals surface area contributed by atoms with Gasteiger partial charge in [-0.05, 0) is 38.2 Å². The van der Waals surface area contributed by atoms with Crippen molar-refractivity contribution in [3.8, 4) is 0 Å². The summed E-state index contributed by atoms with van der Waals surface area (Å²) in [5.74, 6) is 0. The minimum Gasteiger partial charge on any atom is -0.375 e. The van der Waals surface area contributed by atoms with Gasteiger partial charge in [0.15, 0.2) is 0 Å². The standard InChI is InChI=1S/C14H24N2/c1-4-16(5-2)13-9-12-15(3)14-10-7-6-8-11-14/h6-8,10-11H,4-5,9,12-13H2,1-3H3. The number of anilines is 1. The molecule has 0 aromatic heterocycles. The Labute approximate surface area is 99.9 Å². The molecule has 0 amide bonds. The highest BCUT2D eigenvalue weighted by atomic mass is 15.1. The number of rotatable bonds is 7. The quantitative estimate of drug-likeness (QED) is 0.697. The summed E-state index contributed by atoms with van der Waals surface area (Å²) in [7, 11) is 2.16. The van der Waals surface area contributed by atoms with E-state index in [4.69, 9.17) is 0 Å². The molecule has 0 aliphatic carbocycles. The molecule has 2 nitrogen and oxygen atoms in total. The first kappa shape index (κ1) is 13.0. The van der Waals surface area contributed by atoms with Crippen LogP contribution >= 0.6 is 0 Å². The van der Waals surface area contributed by atoms with Crippen LogP contribution < -0.4 is 4.90 Å². The molecular weight excluding hydrogens is 196 g/mol. The van der Waals surface area contributed by atoms with Gasteiger partial charge in [0.1, 0.15) is 0 Å². The molecule has 0 aliphatic heterocycles. The first-order chi connectivity index (χ1) is 7.77. The van der Waals surface area contributed by atoms with Crippen molar-refractivity contribution in [3.63, 3.8) is 0 Å². The van der Waals surface area contributed by atoms with Gasteiger partial charge in [-0.2, -0.15) is 0 Å². The summed E-state index contributed by atoms with van der Waals surface area (Å²) in [4.78, 5) is 4.79. The maximum absolute atomic E-state index is 2.47. The van der Waals surface area contributed by atoms with E-state index in [-0.39, 0.29) is 0 Å². The molecule has 0 N–H and O–H groups in total. The molecule has 2 heteroatoms. The second kappa shape index (κ2) is 7.29. The van der Waals surface area contributed by atoms with Crippen molar-refractivity contribution in [2.75, 3.05) is 38.1 Å². The lowest BCUT2D eigenvalue weighted by Crippen LogP contribution is -2.28. The van der Waals surface area contributed by atoms with Crippen molar-refractivity contribution >= 4 is 5.69 Å². The number of hydrogen-bond donors (Lipinski definition) is 0. The maximum Gasteiger partial charge on any atom is 0.0363 e. The third-order valence-corrected chi connectivity index (χ3v) is 3.06. The predicted octanol–water partition coefficient (Wildman–Crippen LogP) is 2.85. The number of nitrogens with zero attached hydrogens (tertiary/aromatic N) is 2. The zero-order valence-corrected chi connectivity index (χ0v) is 10.8. The largest absolute Gasteiger partial charge is 0.375 e. The molecule has 0 saturated heterocycles. The molecule has 1 aromatic rings. The molecular formula is C14H24N2. The SMILES string of the molecule is CCN(CC)CCCN(C)c1ccccc1. The van der Waals surface area contributed by atoms with Gasteiger partial charge in [-0.3, -0.25) is 0 Å². The maximum atomic E-state index is 2.47. The molecule has 1 aromatic carbocycles. The average molecular weight is 220 g/mol. The highest BCUT2D eigenvalue weighted by molar-refractivity contribution is 5.44. The molecule has 16 heavy (non-hydrogen) atoms. The summed E-state index contributed by atoms with van der Waals surface area (Å²) in [6.45, 7) is 9.09. The summed E-state index contributed by atoms with van der Waals surface area (Å²) < 4.78 is 0. The molecule has 0 unspecified atom stereocenters. The van der Waals surface area contributed by atoms with Crippen LogP contribution in [-0.2, 0) is 0 Å². The predicted molar refractivity (Wildman–Crippen MR) is 72.1 cm³/mol. The van der Waals surface area contributed by atoms with Crippen LogP contribution in [-0.4, -0.2) is 38.1 Å². The first-order valence-electron chi connectivity index (χ1n) is 6.26. The van der Waals surface area contributed by atoms with Crippen molar-refractivity contribution < 1.29 is 0 Å². The number of para-hydroxylation sites is 1. The fourth-order valence-electron chi connectivity index (χ4n) is 1.88. The van der Waals surface area contributed by atoms with Crippen molar-refractivity contribution in [1.82, 2.24) is 4.90 Å². The molecule has 90 valence electrons. The lowest BCUT2D eigenvalue weighted by molar-refractivity contribution is 0.301. The Balaban J connectivity index is 2.28. The van der Waals surface area contributed by atoms with Crippen LogP contribution in [0.3, 0.4) is 0 Å². The molecule has 0 heterocycles. The van der Waals surface area contributed by atoms with Gasteiger partial charge in [-0.25, -0.2) is 0 Å². The van der Waals surface area contributed by atoms with E-state index in [1.807, 2.05) is 0 Å². The van der Waals surface area contributed by atoms with E-state index in [0.717, 1.165) is 19.6 Å². The molecule has 0 atom stereocenters. The first-order valence-corrected chi connectivity index (χ1v) is 6.26. The van der Waals surface area contributed by atoms with E-state index in [1.165, 1.54) is 18.7 Å². The van der Waals surface area contributed by atoms with Gasteiger partial charge in [0.25, 0.3) is 0 Å². The van der Waals surface area contributed by atoms with Gasteiger partial charge in [-0.1, -0.05) is 32.0 Å². The third kappa shape index (κ3) is 4.23. The lowest BCUT2D eigenvalue weighted by atomic mass is 10.3. The summed E-state index contributed by atoms with van der Waals surface area (Å²) in [5.41, 5.74) is 1.31. The smallest absolute Gasteiger partial charge is 0.0363 e. The molecule has 0 radical (unpaired) electrons. The van der Waals surface area contributed by atoms with Gasteiger partial charge in [0.05, 0.1) is 0 Å². The van der Waals surface area contributed by atoms with E-state index in [0.29, 0.717) is 0 Å². The normalized spacial score (nSPS) is 10.8. The number of benzene rings is 1. The zero-order chi connectivity index (χ0) is 11.8. The van der Waals surface area contributed by atoms with Crippen LogP contribution in [0, 0.1) is 0 Å². The summed E-state index contributed by atoms with van der Waals surface area (Å²) in [5, 5.41) is 0. The van der Waals surface area contributed by atoms with E-state index in [1.54, 1.807) is 0 Å². The van der Waals surface area contributed by atoms with E-state index >= 15 is 0 Å². The highest BCUT2D eigenvalue weighted by Gasteiger charge is 2.01.